The van der Waals surface area contributed by atoms with E-state index in [1.54, 1.807) is 0 Å². The van der Waals surface area contributed by atoms with E-state index in [9.17, 15) is 0 Å². The van der Waals surface area contributed by atoms with E-state index in [-0.39, 0.29) is 0 Å². The molecule has 7 aromatic rings. The number of furan rings is 1. The van der Waals surface area contributed by atoms with Gasteiger partial charge in [-0.1, -0.05) is 66.7 Å². The van der Waals surface area contributed by atoms with E-state index >= 15 is 0 Å². The molecule has 0 saturated heterocycles. The zero-order valence-electron chi connectivity index (χ0n) is 21.6. The van der Waals surface area contributed by atoms with E-state index < -0.39 is 0 Å². The number of hydrogen-bond acceptors (Lipinski definition) is 3. The van der Waals surface area contributed by atoms with Crippen LogP contribution in [-0.4, -0.2) is 9.97 Å². The number of nitrogens with zero attached hydrogens (tertiary/aromatic N) is 2. The molecule has 3 heterocycles. The Morgan fingerprint density at radius 3 is 2.18 bits per heavy atom. The molecule has 7 rings (SSSR count). The van der Waals surface area contributed by atoms with Gasteiger partial charge in [0.2, 0.25) is 0 Å². The van der Waals surface area contributed by atoms with Gasteiger partial charge < -0.3 is 4.42 Å². The first-order chi connectivity index (χ1) is 18.5. The predicted octanol–water partition coefficient (Wildman–Crippen LogP) is 9.46. The standard InChI is InChI=1S/C35H26N2O/c1-21-14-15-30(32-19-25-8-4-5-9-27(25)20-36-32)35-33(21)31-13-7-12-29(34(31)38-35)26-11-6-10-24(18-26)28-16-22(2)37-23(3)17-28/h4-20H,1-3H3. The maximum absolute atomic E-state index is 6.75. The molecule has 0 N–H and O–H groups in total. The smallest absolute Gasteiger partial charge is 0.145 e. The van der Waals surface area contributed by atoms with Crippen molar-refractivity contribution < 1.29 is 4.42 Å². The molecule has 0 aliphatic rings. The van der Waals surface area contributed by atoms with Crippen LogP contribution >= 0.6 is 0 Å². The highest BCUT2D eigenvalue weighted by Crippen LogP contribution is 2.41. The van der Waals surface area contributed by atoms with Crippen molar-refractivity contribution in [1.29, 1.82) is 0 Å². The van der Waals surface area contributed by atoms with Crippen molar-refractivity contribution in [1.82, 2.24) is 9.97 Å². The summed E-state index contributed by atoms with van der Waals surface area (Å²) in [4.78, 5) is 9.35. The summed E-state index contributed by atoms with van der Waals surface area (Å²) in [6.07, 6.45) is 1.94. The van der Waals surface area contributed by atoms with E-state index in [4.69, 9.17) is 9.40 Å². The molecule has 4 aromatic carbocycles. The Labute approximate surface area is 221 Å². The van der Waals surface area contributed by atoms with Crippen molar-refractivity contribution in [2.75, 3.05) is 0 Å². The molecule has 0 saturated carbocycles. The molecule has 0 bridgehead atoms. The Morgan fingerprint density at radius 1 is 0.579 bits per heavy atom. The highest BCUT2D eigenvalue weighted by molar-refractivity contribution is 6.14. The van der Waals surface area contributed by atoms with Crippen molar-refractivity contribution in [2.45, 2.75) is 20.8 Å². The minimum Gasteiger partial charge on any atom is -0.455 e. The van der Waals surface area contributed by atoms with Crippen LogP contribution in [0.5, 0.6) is 0 Å². The second kappa shape index (κ2) is 8.67. The molecule has 3 aromatic heterocycles. The summed E-state index contributed by atoms with van der Waals surface area (Å²) in [6, 6.07) is 34.2. The summed E-state index contributed by atoms with van der Waals surface area (Å²) in [7, 11) is 0. The molecule has 0 amide bonds. The lowest BCUT2D eigenvalue weighted by Crippen LogP contribution is -1.88. The lowest BCUT2D eigenvalue weighted by atomic mass is 9.96. The molecule has 3 heteroatoms. The normalized spacial score (nSPS) is 11.6. The van der Waals surface area contributed by atoms with E-state index in [1.165, 1.54) is 22.1 Å². The monoisotopic (exact) mass is 490 g/mol. The molecule has 0 atom stereocenters. The van der Waals surface area contributed by atoms with Gasteiger partial charge in [-0.3, -0.25) is 9.97 Å². The zero-order valence-corrected chi connectivity index (χ0v) is 21.6. The molecule has 0 unspecified atom stereocenters. The summed E-state index contributed by atoms with van der Waals surface area (Å²) in [6.45, 7) is 6.23. The van der Waals surface area contributed by atoms with Crippen LogP contribution in [0.1, 0.15) is 17.0 Å². The van der Waals surface area contributed by atoms with Crippen molar-refractivity contribution in [3.63, 3.8) is 0 Å². The lowest BCUT2D eigenvalue weighted by Gasteiger charge is -2.08. The summed E-state index contributed by atoms with van der Waals surface area (Å²) in [5.41, 5.74) is 11.5. The zero-order chi connectivity index (χ0) is 25.8. The Bertz CT molecular complexity index is 2000. The molecule has 0 spiro atoms. The summed E-state index contributed by atoms with van der Waals surface area (Å²) in [5, 5.41) is 4.57. The molecule has 182 valence electrons. The van der Waals surface area contributed by atoms with Crippen LogP contribution < -0.4 is 0 Å². The molecule has 0 aliphatic carbocycles. The third-order valence-corrected chi connectivity index (χ3v) is 7.35. The first kappa shape index (κ1) is 22.4. The molecule has 3 nitrogen and oxygen atoms in total. The van der Waals surface area contributed by atoms with Crippen LogP contribution in [0.3, 0.4) is 0 Å². The highest BCUT2D eigenvalue weighted by Gasteiger charge is 2.18. The second-order valence-corrected chi connectivity index (χ2v) is 10.1. The fourth-order valence-electron chi connectivity index (χ4n) is 5.60. The molecule has 0 fully saturated rings. The van der Waals surface area contributed by atoms with Crippen molar-refractivity contribution in [3.05, 3.63) is 120 Å². The molecule has 0 aliphatic heterocycles. The topological polar surface area (TPSA) is 38.9 Å². The van der Waals surface area contributed by atoms with Crippen LogP contribution in [0.2, 0.25) is 0 Å². The van der Waals surface area contributed by atoms with Gasteiger partial charge in [0, 0.05) is 44.9 Å². The number of hydrogen-bond donors (Lipinski definition) is 0. The van der Waals surface area contributed by atoms with Crippen LogP contribution in [0.15, 0.2) is 108 Å². The minimum absolute atomic E-state index is 0.881. The van der Waals surface area contributed by atoms with Gasteiger partial charge in [-0.05, 0) is 78.7 Å². The fraction of sp³-hybridized carbons (Fsp3) is 0.0857. The molecular formula is C35H26N2O. The van der Waals surface area contributed by atoms with Gasteiger partial charge in [-0.25, -0.2) is 0 Å². The molecule has 0 radical (unpaired) electrons. The fourth-order valence-corrected chi connectivity index (χ4v) is 5.60. The summed E-state index contributed by atoms with van der Waals surface area (Å²) >= 11 is 0. The first-order valence-electron chi connectivity index (χ1n) is 12.9. The molecule has 38 heavy (non-hydrogen) atoms. The minimum atomic E-state index is 0.881. The van der Waals surface area contributed by atoms with E-state index in [0.29, 0.717) is 0 Å². The lowest BCUT2D eigenvalue weighted by molar-refractivity contribution is 0.670. The van der Waals surface area contributed by atoms with Gasteiger partial charge in [-0.2, -0.15) is 0 Å². The van der Waals surface area contributed by atoms with Gasteiger partial charge in [-0.15, -0.1) is 0 Å². The average molecular weight is 491 g/mol. The largest absolute Gasteiger partial charge is 0.455 e. The quantitative estimate of drug-likeness (QED) is 0.248. The SMILES string of the molecule is Cc1cc(-c2cccc(-c3cccc4c3oc3c(-c5cc6ccccc6cn5)ccc(C)c34)c2)cc(C)n1. The predicted molar refractivity (Wildman–Crippen MR) is 157 cm³/mol. The Hall–Kier alpha value is -4.76. The number of pyridine rings is 2. The van der Waals surface area contributed by atoms with Gasteiger partial charge in [0.25, 0.3) is 0 Å². The van der Waals surface area contributed by atoms with Gasteiger partial charge >= 0.3 is 0 Å². The summed E-state index contributed by atoms with van der Waals surface area (Å²) < 4.78 is 6.75. The third-order valence-electron chi connectivity index (χ3n) is 7.35. The van der Waals surface area contributed by atoms with Crippen molar-refractivity contribution in [3.8, 4) is 33.5 Å². The van der Waals surface area contributed by atoms with Gasteiger partial charge in [0.15, 0.2) is 0 Å². The Kier molecular flexibility index (Phi) is 5.12. The highest BCUT2D eigenvalue weighted by atomic mass is 16.3. The average Bonchev–Trinajstić information content (AvgIpc) is 3.33. The van der Waals surface area contributed by atoms with Crippen LogP contribution in [-0.2, 0) is 0 Å². The number of para-hydroxylation sites is 1. The van der Waals surface area contributed by atoms with Crippen LogP contribution in [0.4, 0.5) is 0 Å². The van der Waals surface area contributed by atoms with Crippen molar-refractivity contribution in [2.24, 2.45) is 0 Å². The van der Waals surface area contributed by atoms with Crippen LogP contribution in [0.25, 0.3) is 66.2 Å². The number of fused-ring (bicyclic) bond motifs is 4. The van der Waals surface area contributed by atoms with Crippen molar-refractivity contribution >= 4 is 32.7 Å². The van der Waals surface area contributed by atoms with E-state index in [2.05, 4.69) is 103 Å². The van der Waals surface area contributed by atoms with E-state index in [1.807, 2.05) is 26.1 Å². The third kappa shape index (κ3) is 3.67. The van der Waals surface area contributed by atoms with Gasteiger partial charge in [0.05, 0.1) is 5.69 Å². The van der Waals surface area contributed by atoms with E-state index in [0.717, 1.165) is 61.1 Å². The first-order valence-corrected chi connectivity index (χ1v) is 12.9. The number of aromatic nitrogens is 2. The Balaban J connectivity index is 1.44. The number of benzene rings is 4. The Morgan fingerprint density at radius 2 is 1.34 bits per heavy atom. The van der Waals surface area contributed by atoms with Gasteiger partial charge in [0.1, 0.15) is 11.2 Å². The number of aryl methyl sites for hydroxylation is 3. The maximum atomic E-state index is 6.75. The number of rotatable bonds is 3. The summed E-state index contributed by atoms with van der Waals surface area (Å²) in [5.74, 6) is 0. The van der Waals surface area contributed by atoms with Crippen LogP contribution in [0, 0.1) is 20.8 Å². The molecular weight excluding hydrogens is 464 g/mol. The second-order valence-electron chi connectivity index (χ2n) is 10.1. The maximum Gasteiger partial charge on any atom is 0.145 e.